The lowest BCUT2D eigenvalue weighted by molar-refractivity contribution is -0.137. The van der Waals surface area contributed by atoms with E-state index in [0.717, 1.165) is 24.8 Å². The van der Waals surface area contributed by atoms with Crippen LogP contribution in [-0.4, -0.2) is 102 Å². The van der Waals surface area contributed by atoms with Crippen LogP contribution in [0.2, 0.25) is 0 Å². The molecule has 2 fully saturated rings. The largest absolute Gasteiger partial charge is 0.480 e. The highest BCUT2D eigenvalue weighted by Crippen LogP contribution is 2.28. The normalized spacial score (nSPS) is 17.5. The molecular weight excluding hydrogens is 540 g/mol. The lowest BCUT2D eigenvalue weighted by Crippen LogP contribution is -2.52. The number of nitriles is 1. The molecule has 2 atom stereocenters. The van der Waals surface area contributed by atoms with Gasteiger partial charge < -0.3 is 29.5 Å². The highest BCUT2D eigenvalue weighted by atomic mass is 16.6. The number of aryl methyl sites for hydroxylation is 1. The fourth-order valence-corrected chi connectivity index (χ4v) is 5.05. The average molecular weight is 579 g/mol. The number of pyridine rings is 1. The third-order valence-electron chi connectivity index (χ3n) is 7.51. The number of hydrogen-bond donors (Lipinski definition) is 1. The van der Waals surface area contributed by atoms with E-state index in [4.69, 9.17) is 9.47 Å². The fraction of sp³-hybridized carbons (Fsp3) is 0.533. The molecule has 0 radical (unpaired) electrons. The second-order valence-electron chi connectivity index (χ2n) is 10.6. The van der Waals surface area contributed by atoms with Crippen LogP contribution in [0.1, 0.15) is 55.6 Å². The maximum atomic E-state index is 13.1. The van der Waals surface area contributed by atoms with Gasteiger partial charge in [-0.1, -0.05) is 19.4 Å². The zero-order chi connectivity index (χ0) is 30.2. The summed E-state index contributed by atoms with van der Waals surface area (Å²) in [5.74, 6) is -0.806. The number of benzene rings is 1. The first-order valence-electron chi connectivity index (χ1n) is 14.5. The number of amides is 4. The number of likely N-dealkylation sites (tertiary alicyclic amines) is 1. The maximum Gasteiger partial charge on any atom is 0.409 e. The van der Waals surface area contributed by atoms with E-state index in [2.05, 4.69) is 16.4 Å². The summed E-state index contributed by atoms with van der Waals surface area (Å²) in [6.07, 6.45) is 1.88. The Morgan fingerprint density at radius 1 is 1.12 bits per heavy atom. The van der Waals surface area contributed by atoms with Crippen molar-refractivity contribution in [1.82, 2.24) is 25.0 Å². The Morgan fingerprint density at radius 3 is 2.57 bits per heavy atom. The minimum atomic E-state index is -0.883. The molecule has 1 aromatic carbocycles. The van der Waals surface area contributed by atoms with Crippen LogP contribution in [0.4, 0.5) is 4.79 Å². The second kappa shape index (κ2) is 14.0. The van der Waals surface area contributed by atoms with E-state index in [-0.39, 0.29) is 30.1 Å². The van der Waals surface area contributed by atoms with Crippen molar-refractivity contribution >= 4 is 34.7 Å². The number of carbonyl (C=O) groups is 4. The number of unbranched alkanes of at least 4 members (excludes halogenated alkanes) is 1. The summed E-state index contributed by atoms with van der Waals surface area (Å²) in [4.78, 5) is 60.3. The van der Waals surface area contributed by atoms with Crippen LogP contribution < -0.4 is 10.1 Å². The van der Waals surface area contributed by atoms with Crippen molar-refractivity contribution in [2.75, 3.05) is 45.9 Å². The number of fused-ring (bicyclic) bond motifs is 1. The first kappa shape index (κ1) is 30.6. The van der Waals surface area contributed by atoms with Gasteiger partial charge in [0.15, 0.2) is 6.10 Å². The number of nitrogens with one attached hydrogen (secondary N) is 1. The van der Waals surface area contributed by atoms with Gasteiger partial charge in [-0.15, -0.1) is 0 Å². The number of piperazine rings is 1. The van der Waals surface area contributed by atoms with Crippen molar-refractivity contribution in [2.45, 2.75) is 58.6 Å². The maximum absolute atomic E-state index is 13.1. The molecule has 2 aromatic rings. The molecule has 3 heterocycles. The van der Waals surface area contributed by atoms with Crippen LogP contribution in [-0.2, 0) is 14.3 Å². The molecule has 4 rings (SSSR count). The van der Waals surface area contributed by atoms with Crippen molar-refractivity contribution in [2.24, 2.45) is 0 Å². The molecule has 12 heteroatoms. The second-order valence-corrected chi connectivity index (χ2v) is 10.6. The number of rotatable bonds is 9. The number of nitrogens with zero attached hydrogens (tertiary/aromatic N) is 5. The van der Waals surface area contributed by atoms with Gasteiger partial charge in [0.25, 0.3) is 11.8 Å². The topological polar surface area (TPSA) is 145 Å². The number of ether oxygens (including phenoxy) is 2. The van der Waals surface area contributed by atoms with Crippen LogP contribution in [0, 0.1) is 18.3 Å². The van der Waals surface area contributed by atoms with E-state index in [1.807, 2.05) is 32.0 Å². The third-order valence-corrected chi connectivity index (χ3v) is 7.51. The van der Waals surface area contributed by atoms with E-state index >= 15 is 0 Å². The lowest BCUT2D eigenvalue weighted by atomic mass is 10.1. The molecule has 0 aliphatic carbocycles. The molecule has 4 amide bonds. The summed E-state index contributed by atoms with van der Waals surface area (Å²) in [5.41, 5.74) is 1.49. The Hall–Kier alpha value is -4.40. The molecule has 0 spiro atoms. The van der Waals surface area contributed by atoms with E-state index in [9.17, 15) is 24.4 Å². The Kier molecular flexibility index (Phi) is 10.2. The summed E-state index contributed by atoms with van der Waals surface area (Å²) >= 11 is 0. The SMILES string of the molecule is CCCCOC(=O)N1CCN(C(=O)CNC(=O)c2cc(O[C@H](C)C(=O)N3CCC[C@H]3C#N)c3ccc(C)cc3n2)CC1. The van der Waals surface area contributed by atoms with Gasteiger partial charge in [0.05, 0.1) is 24.7 Å². The molecule has 224 valence electrons. The Bertz CT molecular complexity index is 1370. The molecule has 1 aromatic heterocycles. The van der Waals surface area contributed by atoms with Gasteiger partial charge in [-0.3, -0.25) is 14.4 Å². The molecule has 2 saturated heterocycles. The van der Waals surface area contributed by atoms with Crippen LogP contribution in [0.15, 0.2) is 24.3 Å². The predicted octanol–water partition coefficient (Wildman–Crippen LogP) is 2.64. The van der Waals surface area contributed by atoms with Gasteiger partial charge in [0.1, 0.15) is 17.5 Å². The highest BCUT2D eigenvalue weighted by Gasteiger charge is 2.33. The van der Waals surface area contributed by atoms with Gasteiger partial charge in [0.2, 0.25) is 5.91 Å². The van der Waals surface area contributed by atoms with Crippen molar-refractivity contribution in [3.63, 3.8) is 0 Å². The standard InChI is InChI=1S/C30H38N6O6/c1-4-5-15-41-30(40)35-13-11-34(12-14-35)27(37)19-32-28(38)25-17-26(23-9-8-20(2)16-24(23)33-25)42-21(3)29(39)36-10-6-7-22(36)18-31/h8-9,16-17,21-22H,4-7,10-15,19H2,1-3H3,(H,32,38)/t21-,22+/m1/s1. The third kappa shape index (κ3) is 7.26. The lowest BCUT2D eigenvalue weighted by Gasteiger charge is -2.34. The molecule has 0 bridgehead atoms. The first-order valence-corrected chi connectivity index (χ1v) is 14.5. The Labute approximate surface area is 245 Å². The van der Waals surface area contributed by atoms with E-state index in [1.165, 1.54) is 11.0 Å². The van der Waals surface area contributed by atoms with Crippen molar-refractivity contribution in [3.05, 3.63) is 35.5 Å². The number of hydrogen-bond acceptors (Lipinski definition) is 8. The van der Waals surface area contributed by atoms with Gasteiger partial charge in [-0.05, 0) is 50.8 Å². The van der Waals surface area contributed by atoms with Gasteiger partial charge >= 0.3 is 6.09 Å². The Morgan fingerprint density at radius 2 is 1.86 bits per heavy atom. The zero-order valence-electron chi connectivity index (χ0n) is 24.4. The smallest absolute Gasteiger partial charge is 0.409 e. The van der Waals surface area contributed by atoms with Gasteiger partial charge in [-0.25, -0.2) is 9.78 Å². The van der Waals surface area contributed by atoms with E-state index < -0.39 is 18.1 Å². The molecule has 0 saturated carbocycles. The molecule has 2 aliphatic rings. The minimum Gasteiger partial charge on any atom is -0.480 e. The summed E-state index contributed by atoms with van der Waals surface area (Å²) in [6, 6.07) is 8.69. The predicted molar refractivity (Wildman–Crippen MR) is 154 cm³/mol. The number of carbonyl (C=O) groups excluding carboxylic acids is 4. The van der Waals surface area contributed by atoms with Crippen molar-refractivity contribution in [1.29, 1.82) is 5.26 Å². The highest BCUT2D eigenvalue weighted by molar-refractivity contribution is 5.98. The summed E-state index contributed by atoms with van der Waals surface area (Å²) in [5, 5.41) is 12.7. The number of aromatic nitrogens is 1. The van der Waals surface area contributed by atoms with E-state index in [1.54, 1.807) is 16.7 Å². The Balaban J connectivity index is 1.39. The van der Waals surface area contributed by atoms with Gasteiger partial charge in [0, 0.05) is 44.2 Å². The zero-order valence-corrected chi connectivity index (χ0v) is 24.4. The molecule has 2 aliphatic heterocycles. The summed E-state index contributed by atoms with van der Waals surface area (Å²) in [6.45, 7) is 7.61. The molecule has 12 nitrogen and oxygen atoms in total. The minimum absolute atomic E-state index is 0.0475. The van der Waals surface area contributed by atoms with Crippen LogP contribution >= 0.6 is 0 Å². The summed E-state index contributed by atoms with van der Waals surface area (Å²) < 4.78 is 11.3. The first-order chi connectivity index (χ1) is 20.2. The van der Waals surface area contributed by atoms with Gasteiger partial charge in [-0.2, -0.15) is 5.26 Å². The quantitative estimate of drug-likeness (QED) is 0.447. The molecule has 42 heavy (non-hydrogen) atoms. The fourth-order valence-electron chi connectivity index (χ4n) is 5.05. The summed E-state index contributed by atoms with van der Waals surface area (Å²) in [7, 11) is 0. The van der Waals surface area contributed by atoms with E-state index in [0.29, 0.717) is 62.4 Å². The average Bonchev–Trinajstić information content (AvgIpc) is 3.48. The molecular formula is C30H38N6O6. The molecule has 1 N–H and O–H groups in total. The van der Waals surface area contributed by atoms with Crippen LogP contribution in [0.3, 0.4) is 0 Å². The van der Waals surface area contributed by atoms with Crippen LogP contribution in [0.25, 0.3) is 10.9 Å². The van der Waals surface area contributed by atoms with Crippen molar-refractivity contribution in [3.8, 4) is 11.8 Å². The monoisotopic (exact) mass is 578 g/mol. The van der Waals surface area contributed by atoms with Crippen LogP contribution in [0.5, 0.6) is 5.75 Å². The van der Waals surface area contributed by atoms with Crippen molar-refractivity contribution < 1.29 is 28.7 Å². The molecule has 0 unspecified atom stereocenters.